The van der Waals surface area contributed by atoms with E-state index in [1.807, 2.05) is 32.0 Å². The molecular formula is C24H25F3N4O2. The second-order valence-corrected chi connectivity index (χ2v) is 8.34. The summed E-state index contributed by atoms with van der Waals surface area (Å²) in [4.78, 5) is 18.7. The van der Waals surface area contributed by atoms with E-state index < -0.39 is 11.7 Å². The number of hydrogen-bond donors (Lipinski definition) is 0. The maximum Gasteiger partial charge on any atom is 0.417 e. The van der Waals surface area contributed by atoms with Crippen LogP contribution in [0.1, 0.15) is 45.6 Å². The average Bonchev–Trinajstić information content (AvgIpc) is 3.17. The Morgan fingerprint density at radius 3 is 2.42 bits per heavy atom. The summed E-state index contributed by atoms with van der Waals surface area (Å²) in [5.74, 6) is 0.942. The number of halogens is 3. The van der Waals surface area contributed by atoms with Crippen LogP contribution in [0.5, 0.6) is 5.75 Å². The van der Waals surface area contributed by atoms with Crippen LogP contribution in [0, 0.1) is 20.8 Å². The molecule has 2 aromatic heterocycles. The number of alkyl halides is 3. The first kappa shape index (κ1) is 22.8. The number of rotatable bonds is 4. The summed E-state index contributed by atoms with van der Waals surface area (Å²) < 4.78 is 45.9. The van der Waals surface area contributed by atoms with E-state index in [2.05, 4.69) is 10.1 Å². The summed E-state index contributed by atoms with van der Waals surface area (Å²) in [5, 5.41) is 4.18. The molecule has 0 atom stereocenters. The van der Waals surface area contributed by atoms with Gasteiger partial charge in [-0.15, -0.1) is 0 Å². The molecule has 1 fully saturated rings. The van der Waals surface area contributed by atoms with Crippen LogP contribution < -0.4 is 4.74 Å². The van der Waals surface area contributed by atoms with Crippen LogP contribution in [0.25, 0.3) is 5.82 Å². The number of amides is 1. The van der Waals surface area contributed by atoms with Gasteiger partial charge in [-0.3, -0.25) is 4.79 Å². The molecule has 1 amide bonds. The van der Waals surface area contributed by atoms with Gasteiger partial charge >= 0.3 is 6.18 Å². The predicted octanol–water partition coefficient (Wildman–Crippen LogP) is 4.89. The number of piperidine rings is 1. The molecule has 1 aliphatic rings. The van der Waals surface area contributed by atoms with E-state index in [1.165, 1.54) is 16.9 Å². The van der Waals surface area contributed by atoms with Gasteiger partial charge in [0.15, 0.2) is 5.82 Å². The van der Waals surface area contributed by atoms with Crippen LogP contribution in [0.2, 0.25) is 0 Å². The monoisotopic (exact) mass is 458 g/mol. The molecule has 6 nitrogen and oxygen atoms in total. The summed E-state index contributed by atoms with van der Waals surface area (Å²) in [6.07, 6.45) is -0.789. The van der Waals surface area contributed by atoms with Gasteiger partial charge in [0.05, 0.1) is 23.0 Å². The van der Waals surface area contributed by atoms with Gasteiger partial charge in [0.25, 0.3) is 5.91 Å². The third-order valence-electron chi connectivity index (χ3n) is 5.90. The molecule has 1 aromatic carbocycles. The maximum absolute atomic E-state index is 13.1. The number of aromatic nitrogens is 3. The van der Waals surface area contributed by atoms with E-state index in [-0.39, 0.29) is 17.8 Å². The first-order chi connectivity index (χ1) is 15.6. The van der Waals surface area contributed by atoms with Crippen molar-refractivity contribution in [2.45, 2.75) is 45.9 Å². The van der Waals surface area contributed by atoms with E-state index in [0.717, 1.165) is 29.1 Å². The summed E-state index contributed by atoms with van der Waals surface area (Å²) in [6, 6.07) is 8.31. The molecule has 4 rings (SSSR count). The minimum absolute atomic E-state index is 0.0368. The average molecular weight is 458 g/mol. The van der Waals surface area contributed by atoms with Crippen LogP contribution in [0.3, 0.4) is 0 Å². The molecule has 0 bridgehead atoms. The van der Waals surface area contributed by atoms with E-state index in [9.17, 15) is 18.0 Å². The highest BCUT2D eigenvalue weighted by atomic mass is 19.4. The van der Waals surface area contributed by atoms with Crippen molar-refractivity contribution in [3.63, 3.8) is 0 Å². The molecule has 174 valence electrons. The van der Waals surface area contributed by atoms with E-state index >= 15 is 0 Å². The Morgan fingerprint density at radius 1 is 1.06 bits per heavy atom. The largest absolute Gasteiger partial charge is 0.490 e. The van der Waals surface area contributed by atoms with Crippen LogP contribution in [0.4, 0.5) is 13.2 Å². The van der Waals surface area contributed by atoms with E-state index in [4.69, 9.17) is 4.74 Å². The number of nitrogens with zero attached hydrogens (tertiary/aromatic N) is 4. The molecule has 33 heavy (non-hydrogen) atoms. The zero-order chi connectivity index (χ0) is 23.8. The third-order valence-corrected chi connectivity index (χ3v) is 5.90. The molecule has 0 aliphatic carbocycles. The number of benzene rings is 1. The Labute approximate surface area is 190 Å². The topological polar surface area (TPSA) is 60.2 Å². The fourth-order valence-corrected chi connectivity index (χ4v) is 3.89. The zero-order valence-electron chi connectivity index (χ0n) is 18.7. The molecule has 0 radical (unpaired) electrons. The fourth-order valence-electron chi connectivity index (χ4n) is 3.89. The number of carbonyl (C=O) groups is 1. The number of pyridine rings is 1. The van der Waals surface area contributed by atoms with Gasteiger partial charge in [0, 0.05) is 32.1 Å². The van der Waals surface area contributed by atoms with Crippen molar-refractivity contribution < 1.29 is 22.7 Å². The molecule has 0 saturated carbocycles. The molecule has 3 heterocycles. The van der Waals surface area contributed by atoms with Gasteiger partial charge in [-0.2, -0.15) is 18.3 Å². The van der Waals surface area contributed by atoms with Crippen molar-refractivity contribution in [2.75, 3.05) is 13.1 Å². The number of ether oxygens (including phenoxy) is 1. The normalized spacial score (nSPS) is 15.0. The predicted molar refractivity (Wildman–Crippen MR) is 117 cm³/mol. The lowest BCUT2D eigenvalue weighted by Crippen LogP contribution is -2.42. The minimum Gasteiger partial charge on any atom is -0.490 e. The van der Waals surface area contributed by atoms with Crippen LogP contribution in [-0.2, 0) is 6.18 Å². The summed E-state index contributed by atoms with van der Waals surface area (Å²) in [7, 11) is 0. The first-order valence-corrected chi connectivity index (χ1v) is 10.7. The van der Waals surface area contributed by atoms with Crippen molar-refractivity contribution in [1.29, 1.82) is 0 Å². The highest BCUT2D eigenvalue weighted by Crippen LogP contribution is 2.29. The smallest absolute Gasteiger partial charge is 0.417 e. The van der Waals surface area contributed by atoms with E-state index in [0.29, 0.717) is 37.2 Å². The van der Waals surface area contributed by atoms with E-state index in [1.54, 1.807) is 11.8 Å². The van der Waals surface area contributed by atoms with Crippen LogP contribution >= 0.6 is 0 Å². The van der Waals surface area contributed by atoms with Crippen molar-refractivity contribution >= 4 is 5.91 Å². The number of hydrogen-bond acceptors (Lipinski definition) is 4. The number of carbonyl (C=O) groups excluding carboxylic acids is 1. The minimum atomic E-state index is -4.46. The van der Waals surface area contributed by atoms with Gasteiger partial charge < -0.3 is 9.64 Å². The van der Waals surface area contributed by atoms with Crippen molar-refractivity contribution in [3.8, 4) is 11.6 Å². The number of likely N-dealkylation sites (tertiary alicyclic amines) is 1. The molecule has 3 aromatic rings. The molecule has 1 saturated heterocycles. The maximum atomic E-state index is 13.1. The summed E-state index contributed by atoms with van der Waals surface area (Å²) >= 11 is 0. The molecule has 0 spiro atoms. The van der Waals surface area contributed by atoms with Gasteiger partial charge in [0.2, 0.25) is 0 Å². The SMILES string of the molecule is Cc1ccc(C)c(OC2CCN(C(=O)c3cnn(-c4ccc(C(F)(F)F)cn4)c3C)CC2)c1. The molecular weight excluding hydrogens is 433 g/mol. The van der Waals surface area contributed by atoms with Crippen molar-refractivity contribution in [2.24, 2.45) is 0 Å². The Balaban J connectivity index is 1.41. The fraction of sp³-hybridized carbons (Fsp3) is 0.375. The Kier molecular flexibility index (Phi) is 6.14. The Bertz CT molecular complexity index is 1150. The molecule has 9 heteroatoms. The van der Waals surface area contributed by atoms with Crippen LogP contribution in [0.15, 0.2) is 42.7 Å². The van der Waals surface area contributed by atoms with Gasteiger partial charge in [-0.25, -0.2) is 9.67 Å². The third kappa shape index (κ3) is 4.86. The first-order valence-electron chi connectivity index (χ1n) is 10.7. The highest BCUT2D eigenvalue weighted by molar-refractivity contribution is 5.95. The van der Waals surface area contributed by atoms with Crippen molar-refractivity contribution in [1.82, 2.24) is 19.7 Å². The van der Waals surface area contributed by atoms with Gasteiger partial charge in [-0.1, -0.05) is 12.1 Å². The highest BCUT2D eigenvalue weighted by Gasteiger charge is 2.31. The second kappa shape index (κ2) is 8.88. The Morgan fingerprint density at radius 2 is 1.79 bits per heavy atom. The second-order valence-electron chi connectivity index (χ2n) is 8.34. The quantitative estimate of drug-likeness (QED) is 0.558. The molecule has 0 N–H and O–H groups in total. The summed E-state index contributed by atoms with van der Waals surface area (Å²) in [6.45, 7) is 6.85. The van der Waals surface area contributed by atoms with Crippen molar-refractivity contribution in [3.05, 3.63) is 70.7 Å². The van der Waals surface area contributed by atoms with Gasteiger partial charge in [0.1, 0.15) is 11.9 Å². The lowest BCUT2D eigenvalue weighted by molar-refractivity contribution is -0.137. The standard InChI is InChI=1S/C24H25F3N4O2/c1-15-4-5-16(2)21(12-15)33-19-8-10-30(11-9-19)23(32)20-14-29-31(17(20)3)22-7-6-18(13-28-22)24(25,26)27/h4-7,12-14,19H,8-11H2,1-3H3. The Hall–Kier alpha value is -3.36. The lowest BCUT2D eigenvalue weighted by atomic mass is 10.1. The zero-order valence-corrected chi connectivity index (χ0v) is 18.7. The molecule has 0 unspecified atom stereocenters. The summed E-state index contributed by atoms with van der Waals surface area (Å²) in [5.41, 5.74) is 2.32. The number of aryl methyl sites for hydroxylation is 2. The van der Waals surface area contributed by atoms with Crippen LogP contribution in [-0.4, -0.2) is 44.8 Å². The lowest BCUT2D eigenvalue weighted by Gasteiger charge is -2.32. The van der Waals surface area contributed by atoms with Gasteiger partial charge in [-0.05, 0) is 50.1 Å². The molecule has 1 aliphatic heterocycles.